The fraction of sp³-hybridized carbons (Fsp3) is 0.364. The Morgan fingerprint density at radius 1 is 1.11 bits per heavy atom. The molecule has 0 unspecified atom stereocenters. The first-order valence-corrected chi connectivity index (χ1v) is 11.4. The number of alkyl halides is 3. The lowest BCUT2D eigenvalue weighted by molar-refractivity contribution is -0.192. The summed E-state index contributed by atoms with van der Waals surface area (Å²) in [5.74, 6) is -2.53. The highest BCUT2D eigenvalue weighted by atomic mass is 79.9. The van der Waals surface area contributed by atoms with E-state index in [0.717, 1.165) is 4.47 Å². The summed E-state index contributed by atoms with van der Waals surface area (Å²) < 4.78 is 38.1. The maximum Gasteiger partial charge on any atom is 0.490 e. The van der Waals surface area contributed by atoms with Crippen LogP contribution in [-0.4, -0.2) is 76.0 Å². The van der Waals surface area contributed by atoms with Crippen LogP contribution in [0.2, 0.25) is 0 Å². The average molecular weight is 577 g/mol. The molecule has 0 spiro atoms. The molecule has 1 aromatic heterocycles. The second-order valence-corrected chi connectivity index (χ2v) is 8.43. The lowest BCUT2D eigenvalue weighted by Gasteiger charge is -2.33. The van der Waals surface area contributed by atoms with Gasteiger partial charge in [0.2, 0.25) is 0 Å². The van der Waals surface area contributed by atoms with Crippen molar-refractivity contribution < 1.29 is 42.5 Å². The molecule has 1 aliphatic rings. The summed E-state index contributed by atoms with van der Waals surface area (Å²) in [6.45, 7) is 0.829. The molecule has 1 atom stereocenters. The molecule has 36 heavy (non-hydrogen) atoms. The van der Waals surface area contributed by atoms with E-state index in [-0.39, 0.29) is 24.6 Å². The van der Waals surface area contributed by atoms with E-state index in [1.54, 1.807) is 41.6 Å². The van der Waals surface area contributed by atoms with Gasteiger partial charge in [-0.25, -0.2) is 9.59 Å². The summed E-state index contributed by atoms with van der Waals surface area (Å²) in [6.07, 6.45) is -1.86. The van der Waals surface area contributed by atoms with Crippen molar-refractivity contribution in [1.29, 1.82) is 0 Å². The third-order valence-electron chi connectivity index (χ3n) is 4.83. The predicted molar refractivity (Wildman–Crippen MR) is 125 cm³/mol. The van der Waals surface area contributed by atoms with E-state index in [0.29, 0.717) is 37.4 Å². The van der Waals surface area contributed by atoms with Crippen molar-refractivity contribution in [3.63, 3.8) is 0 Å². The molecule has 1 saturated heterocycles. The Labute approximate surface area is 212 Å². The van der Waals surface area contributed by atoms with Crippen LogP contribution in [0.5, 0.6) is 5.75 Å². The monoisotopic (exact) mass is 576 g/mol. The quantitative estimate of drug-likeness (QED) is 0.414. The van der Waals surface area contributed by atoms with Gasteiger partial charge in [0.25, 0.3) is 5.91 Å². The number of piperidine rings is 1. The van der Waals surface area contributed by atoms with E-state index < -0.39 is 18.2 Å². The number of nitrogens with one attached hydrogen (secondary N) is 2. The van der Waals surface area contributed by atoms with Crippen LogP contribution in [0.1, 0.15) is 12.8 Å². The minimum absolute atomic E-state index is 0.0305. The highest BCUT2D eigenvalue weighted by molar-refractivity contribution is 9.10. The van der Waals surface area contributed by atoms with Gasteiger partial charge in [-0.3, -0.25) is 9.78 Å². The van der Waals surface area contributed by atoms with Crippen LogP contribution in [0, 0.1) is 0 Å². The fourth-order valence-corrected chi connectivity index (χ4v) is 3.28. The van der Waals surface area contributed by atoms with E-state index in [1.807, 2.05) is 12.1 Å². The molecule has 0 aliphatic carbocycles. The van der Waals surface area contributed by atoms with Gasteiger partial charge in [-0.05, 0) is 49.2 Å². The van der Waals surface area contributed by atoms with E-state index in [1.165, 1.54) is 0 Å². The fourth-order valence-electron chi connectivity index (χ4n) is 3.02. The smallest absolute Gasteiger partial charge is 0.490 e. The number of amides is 3. The molecule has 3 amide bonds. The summed E-state index contributed by atoms with van der Waals surface area (Å²) in [6, 6.07) is 10.3. The summed E-state index contributed by atoms with van der Waals surface area (Å²) in [5.41, 5.74) is 0.666. The van der Waals surface area contributed by atoms with Crippen LogP contribution < -0.4 is 15.4 Å². The van der Waals surface area contributed by atoms with Crippen LogP contribution in [0.4, 0.5) is 23.7 Å². The summed E-state index contributed by atoms with van der Waals surface area (Å²) in [7, 11) is 0. The number of likely N-dealkylation sites (tertiary alicyclic amines) is 1. The number of hydrogen-bond acceptors (Lipinski definition) is 6. The standard InChI is InChI=1S/C20H23BrN4O4.C2HF3O2/c21-14-1-3-17(4-2-14)29-13-18(26)19(27)25-11-7-16(8-12-25)24-20(28)23-15-5-9-22-10-6-15;3-2(4,5)1(6)7/h1-6,9-10,16,18,26H,7-8,11-13H2,(H2,22,23,24,28);(H,6,7)/t18-;/m1./s1. The normalized spacial score (nSPS) is 14.6. The van der Waals surface area contributed by atoms with Gasteiger partial charge in [0.05, 0.1) is 0 Å². The number of carbonyl (C=O) groups is 3. The minimum atomic E-state index is -5.08. The zero-order valence-corrected chi connectivity index (χ0v) is 20.3. The average Bonchev–Trinajstić information content (AvgIpc) is 2.84. The summed E-state index contributed by atoms with van der Waals surface area (Å²) in [4.78, 5) is 38.9. The molecule has 1 fully saturated rings. The van der Waals surface area contributed by atoms with Gasteiger partial charge >= 0.3 is 18.2 Å². The number of carboxylic acid groups (broad SMARTS) is 1. The Morgan fingerprint density at radius 2 is 1.67 bits per heavy atom. The third kappa shape index (κ3) is 10.1. The van der Waals surface area contributed by atoms with Crippen molar-refractivity contribution in [3.8, 4) is 5.75 Å². The SMILES string of the molecule is O=C(Nc1ccncc1)NC1CCN(C(=O)[C@H](O)COc2ccc(Br)cc2)CC1.O=C(O)C(F)(F)F. The van der Waals surface area contributed by atoms with E-state index in [9.17, 15) is 27.9 Å². The molecular formula is C22H24BrF3N4O6. The summed E-state index contributed by atoms with van der Waals surface area (Å²) >= 11 is 3.34. The number of urea groups is 1. The number of carbonyl (C=O) groups excluding carboxylic acids is 2. The van der Waals surface area contributed by atoms with Crippen molar-refractivity contribution in [2.45, 2.75) is 31.2 Å². The highest BCUT2D eigenvalue weighted by Gasteiger charge is 2.38. The molecule has 196 valence electrons. The number of ether oxygens (including phenoxy) is 1. The Hall–Kier alpha value is -3.39. The number of nitrogens with zero attached hydrogens (tertiary/aromatic N) is 2. The second kappa shape index (κ2) is 13.6. The largest absolute Gasteiger partial charge is 0.490 e. The van der Waals surface area contributed by atoms with Crippen molar-refractivity contribution in [2.75, 3.05) is 25.0 Å². The third-order valence-corrected chi connectivity index (χ3v) is 5.36. The maximum atomic E-state index is 12.4. The van der Waals surface area contributed by atoms with Crippen LogP contribution >= 0.6 is 15.9 Å². The molecule has 14 heteroatoms. The number of aliphatic hydroxyl groups excluding tert-OH is 1. The first kappa shape index (κ1) is 28.8. The first-order valence-electron chi connectivity index (χ1n) is 10.6. The number of anilines is 1. The molecule has 0 bridgehead atoms. The number of halogens is 4. The van der Waals surface area contributed by atoms with Gasteiger partial charge in [0.15, 0.2) is 6.10 Å². The van der Waals surface area contributed by atoms with Gasteiger partial charge in [0, 0.05) is 41.7 Å². The lowest BCUT2D eigenvalue weighted by Crippen LogP contribution is -2.50. The number of aliphatic carboxylic acids is 1. The second-order valence-electron chi connectivity index (χ2n) is 7.52. The molecule has 10 nitrogen and oxygen atoms in total. The molecule has 4 N–H and O–H groups in total. The van der Waals surface area contributed by atoms with Crippen molar-refractivity contribution in [1.82, 2.24) is 15.2 Å². The number of aliphatic hydroxyl groups is 1. The topological polar surface area (TPSA) is 141 Å². The number of benzene rings is 1. The Balaban J connectivity index is 0.000000572. The zero-order valence-electron chi connectivity index (χ0n) is 18.7. The van der Waals surface area contributed by atoms with Gasteiger partial charge in [-0.2, -0.15) is 13.2 Å². The van der Waals surface area contributed by atoms with Crippen LogP contribution in [0.3, 0.4) is 0 Å². The van der Waals surface area contributed by atoms with E-state index >= 15 is 0 Å². The zero-order chi connectivity index (χ0) is 26.7. The number of hydrogen-bond donors (Lipinski definition) is 4. The van der Waals surface area contributed by atoms with Gasteiger partial charge in [0.1, 0.15) is 12.4 Å². The Bertz CT molecular complexity index is 1000. The Kier molecular flexibility index (Phi) is 10.9. The predicted octanol–water partition coefficient (Wildman–Crippen LogP) is 3.03. The minimum Gasteiger partial charge on any atom is -0.490 e. The first-order chi connectivity index (χ1) is 17.0. The number of pyridine rings is 1. The molecule has 1 aromatic carbocycles. The molecular weight excluding hydrogens is 553 g/mol. The van der Waals surface area contributed by atoms with Crippen LogP contribution in [-0.2, 0) is 9.59 Å². The lowest BCUT2D eigenvalue weighted by atomic mass is 10.0. The Morgan fingerprint density at radius 3 is 2.19 bits per heavy atom. The molecule has 0 saturated carbocycles. The van der Waals surface area contributed by atoms with Crippen molar-refractivity contribution in [3.05, 3.63) is 53.3 Å². The van der Waals surface area contributed by atoms with Gasteiger partial charge in [-0.1, -0.05) is 15.9 Å². The van der Waals surface area contributed by atoms with Crippen molar-refractivity contribution >= 4 is 39.5 Å². The molecule has 2 heterocycles. The number of rotatable bonds is 6. The van der Waals surface area contributed by atoms with Crippen LogP contribution in [0.15, 0.2) is 53.3 Å². The van der Waals surface area contributed by atoms with E-state index in [2.05, 4.69) is 31.5 Å². The van der Waals surface area contributed by atoms with Gasteiger partial charge in [-0.15, -0.1) is 0 Å². The highest BCUT2D eigenvalue weighted by Crippen LogP contribution is 2.17. The number of aromatic nitrogens is 1. The summed E-state index contributed by atoms with van der Waals surface area (Å²) in [5, 5.41) is 22.9. The molecule has 1 aliphatic heterocycles. The van der Waals surface area contributed by atoms with Crippen LogP contribution in [0.25, 0.3) is 0 Å². The van der Waals surface area contributed by atoms with E-state index in [4.69, 9.17) is 14.6 Å². The maximum absolute atomic E-state index is 12.4. The molecule has 2 aromatic rings. The van der Waals surface area contributed by atoms with Crippen molar-refractivity contribution in [2.24, 2.45) is 0 Å². The van der Waals surface area contributed by atoms with Gasteiger partial charge < -0.3 is 30.5 Å². The number of carboxylic acids is 1. The molecule has 3 rings (SSSR count). The molecule has 0 radical (unpaired) electrons.